The van der Waals surface area contributed by atoms with Crippen LogP contribution in [-0.2, 0) is 0 Å². The molecule has 0 N–H and O–H groups in total. The van der Waals surface area contributed by atoms with E-state index in [2.05, 4.69) is 241 Å². The molecule has 1 heterocycles. The Morgan fingerprint density at radius 2 is 0.656 bits per heavy atom. The van der Waals surface area contributed by atoms with Gasteiger partial charge in [0.15, 0.2) is 0 Å². The third kappa shape index (κ3) is 6.02. The molecule has 0 aliphatic rings. The summed E-state index contributed by atoms with van der Waals surface area (Å²) in [5.74, 6) is 0. The minimum absolute atomic E-state index is 1.16. The molecule has 0 saturated carbocycles. The molecule has 1 heteroatoms. The Kier molecular flexibility index (Phi) is 8.25. The second-order valence-electron chi connectivity index (χ2n) is 16.1. The largest absolute Gasteiger partial charge is 0.309 e. The van der Waals surface area contributed by atoms with E-state index in [0.717, 1.165) is 5.69 Å². The molecule has 0 spiro atoms. The second-order valence-corrected chi connectivity index (χ2v) is 16.1. The van der Waals surface area contributed by atoms with E-state index in [-0.39, 0.29) is 0 Å². The topological polar surface area (TPSA) is 4.93 Å². The number of benzene rings is 11. The molecule has 0 aliphatic carbocycles. The van der Waals surface area contributed by atoms with Gasteiger partial charge in [0.25, 0.3) is 0 Å². The number of nitrogens with zero attached hydrogens (tertiary/aromatic N) is 1. The minimum Gasteiger partial charge on any atom is -0.309 e. The van der Waals surface area contributed by atoms with Gasteiger partial charge in [-0.2, -0.15) is 0 Å². The van der Waals surface area contributed by atoms with Gasteiger partial charge in [-0.3, -0.25) is 0 Å². The van der Waals surface area contributed by atoms with Crippen LogP contribution in [-0.4, -0.2) is 4.57 Å². The van der Waals surface area contributed by atoms with Crippen LogP contribution in [0.1, 0.15) is 0 Å². The van der Waals surface area contributed by atoms with Gasteiger partial charge in [-0.15, -0.1) is 0 Å². The molecule has 0 bridgehead atoms. The molecule has 1 aromatic heterocycles. The number of rotatable bonds is 6. The maximum atomic E-state index is 2.42. The predicted molar refractivity (Wildman–Crippen MR) is 260 cm³/mol. The minimum atomic E-state index is 1.16. The van der Waals surface area contributed by atoms with Gasteiger partial charge >= 0.3 is 0 Å². The van der Waals surface area contributed by atoms with E-state index in [1.807, 2.05) is 0 Å². The van der Waals surface area contributed by atoms with Crippen molar-refractivity contribution in [2.75, 3.05) is 0 Å². The van der Waals surface area contributed by atoms with E-state index >= 15 is 0 Å². The van der Waals surface area contributed by atoms with Crippen molar-refractivity contribution in [3.05, 3.63) is 237 Å². The molecule has 0 saturated heterocycles. The Balaban J connectivity index is 0.969. The summed E-state index contributed by atoms with van der Waals surface area (Å²) in [6, 6.07) is 86.9. The fourth-order valence-electron chi connectivity index (χ4n) is 9.58. The zero-order valence-electron chi connectivity index (χ0n) is 33.5. The Bertz CT molecular complexity index is 3610. The molecule has 0 atom stereocenters. The molecule has 0 fully saturated rings. The fourth-order valence-corrected chi connectivity index (χ4v) is 9.58. The maximum absolute atomic E-state index is 2.42. The molecule has 12 aromatic rings. The lowest BCUT2D eigenvalue weighted by Gasteiger charge is -2.19. The van der Waals surface area contributed by atoms with Crippen LogP contribution in [0.3, 0.4) is 0 Å². The lowest BCUT2D eigenvalue weighted by molar-refractivity contribution is 1.13. The standard InChI is InChI=1S/C60H39N/c1-2-17-52(18-3-1)61-57-21-11-8-16-49(57)39-58(61)45-30-26-43(27-31-45)42-22-24-44(25-23-42)48-34-35-55-56(38-48)60(51-33-29-41-13-5-7-15-47(41)37-51)54-20-10-9-19-53(54)59(55)50-32-28-40-12-4-6-14-46(40)36-50/h1-39H. The first-order chi connectivity index (χ1) is 30.2. The van der Waals surface area contributed by atoms with Crippen molar-refractivity contribution in [2.45, 2.75) is 0 Å². The first-order valence-electron chi connectivity index (χ1n) is 21.1. The van der Waals surface area contributed by atoms with E-state index < -0.39 is 0 Å². The Labute approximate surface area is 355 Å². The molecular weight excluding hydrogens is 735 g/mol. The van der Waals surface area contributed by atoms with Gasteiger partial charge in [0.2, 0.25) is 0 Å². The quantitative estimate of drug-likeness (QED) is 0.148. The van der Waals surface area contributed by atoms with Gasteiger partial charge < -0.3 is 4.57 Å². The zero-order valence-corrected chi connectivity index (χ0v) is 33.5. The highest BCUT2D eigenvalue weighted by Crippen LogP contribution is 2.46. The van der Waals surface area contributed by atoms with E-state index in [4.69, 9.17) is 0 Å². The van der Waals surface area contributed by atoms with Crippen molar-refractivity contribution in [1.29, 1.82) is 0 Å². The number of fused-ring (bicyclic) bond motifs is 5. The number of aromatic nitrogens is 1. The maximum Gasteiger partial charge on any atom is 0.0540 e. The van der Waals surface area contributed by atoms with Gasteiger partial charge in [0.1, 0.15) is 0 Å². The normalized spacial score (nSPS) is 11.6. The van der Waals surface area contributed by atoms with Crippen LogP contribution in [0.15, 0.2) is 237 Å². The van der Waals surface area contributed by atoms with Gasteiger partial charge in [-0.05, 0) is 136 Å². The summed E-state index contributed by atoms with van der Waals surface area (Å²) in [7, 11) is 0. The highest BCUT2D eigenvalue weighted by molar-refractivity contribution is 6.22. The fraction of sp³-hybridized carbons (Fsp3) is 0. The van der Waals surface area contributed by atoms with Crippen LogP contribution in [0, 0.1) is 0 Å². The Morgan fingerprint density at radius 3 is 1.26 bits per heavy atom. The average Bonchev–Trinajstić information content (AvgIpc) is 3.73. The summed E-state index contributed by atoms with van der Waals surface area (Å²) in [6.07, 6.45) is 0. The smallest absolute Gasteiger partial charge is 0.0540 e. The first-order valence-corrected chi connectivity index (χ1v) is 21.1. The summed E-state index contributed by atoms with van der Waals surface area (Å²) in [5.41, 5.74) is 14.5. The van der Waals surface area contributed by atoms with Crippen LogP contribution < -0.4 is 0 Å². The van der Waals surface area contributed by atoms with Gasteiger partial charge in [0.05, 0.1) is 11.2 Å². The van der Waals surface area contributed by atoms with Crippen LogP contribution in [0.2, 0.25) is 0 Å². The summed E-state index contributed by atoms with van der Waals surface area (Å²) in [6.45, 7) is 0. The van der Waals surface area contributed by atoms with Crippen molar-refractivity contribution in [3.63, 3.8) is 0 Å². The Hall–Kier alpha value is -8.00. The molecule has 0 unspecified atom stereocenters. The lowest BCUT2D eigenvalue weighted by atomic mass is 9.84. The third-order valence-electron chi connectivity index (χ3n) is 12.6. The van der Waals surface area contributed by atoms with Gasteiger partial charge in [-0.1, -0.05) is 194 Å². The summed E-state index contributed by atoms with van der Waals surface area (Å²) in [5, 5.41) is 11.3. The third-order valence-corrected chi connectivity index (χ3v) is 12.6. The average molecular weight is 774 g/mol. The van der Waals surface area contributed by atoms with Crippen LogP contribution >= 0.6 is 0 Å². The van der Waals surface area contributed by atoms with Crippen molar-refractivity contribution in [3.8, 4) is 61.5 Å². The lowest BCUT2D eigenvalue weighted by Crippen LogP contribution is -1.96. The number of para-hydroxylation sites is 2. The number of hydrogen-bond donors (Lipinski definition) is 0. The van der Waals surface area contributed by atoms with Crippen molar-refractivity contribution in [2.24, 2.45) is 0 Å². The molecule has 0 amide bonds. The van der Waals surface area contributed by atoms with Crippen molar-refractivity contribution < 1.29 is 0 Å². The zero-order chi connectivity index (χ0) is 40.3. The first kappa shape index (κ1) is 35.0. The highest BCUT2D eigenvalue weighted by Gasteiger charge is 2.19. The molecular formula is C60H39N. The predicted octanol–water partition coefficient (Wildman–Crippen LogP) is 16.6. The molecule has 61 heavy (non-hydrogen) atoms. The number of hydrogen-bond acceptors (Lipinski definition) is 0. The van der Waals surface area contributed by atoms with E-state index in [1.165, 1.54) is 110 Å². The molecule has 12 rings (SSSR count). The van der Waals surface area contributed by atoms with E-state index in [0.29, 0.717) is 0 Å². The van der Waals surface area contributed by atoms with E-state index in [1.54, 1.807) is 0 Å². The second kappa shape index (κ2) is 14.4. The monoisotopic (exact) mass is 773 g/mol. The molecule has 1 nitrogen and oxygen atoms in total. The Morgan fingerprint density at radius 1 is 0.230 bits per heavy atom. The summed E-state index contributed by atoms with van der Waals surface area (Å²) >= 11 is 0. The molecule has 284 valence electrons. The van der Waals surface area contributed by atoms with Crippen molar-refractivity contribution >= 4 is 54.0 Å². The SMILES string of the molecule is c1ccc(-n2c(-c3ccc(-c4ccc(-c5ccc6c(-c7ccc8ccccc8c7)c7ccccc7c(-c7ccc8ccccc8c7)c6c5)cc4)cc3)cc3ccccc32)cc1. The molecule has 0 radical (unpaired) electrons. The van der Waals surface area contributed by atoms with Crippen LogP contribution in [0.25, 0.3) is 115 Å². The van der Waals surface area contributed by atoms with Crippen LogP contribution in [0.5, 0.6) is 0 Å². The summed E-state index contributed by atoms with van der Waals surface area (Å²) < 4.78 is 2.36. The summed E-state index contributed by atoms with van der Waals surface area (Å²) in [4.78, 5) is 0. The molecule has 11 aromatic carbocycles. The van der Waals surface area contributed by atoms with E-state index in [9.17, 15) is 0 Å². The van der Waals surface area contributed by atoms with Crippen molar-refractivity contribution in [1.82, 2.24) is 4.57 Å². The van der Waals surface area contributed by atoms with Crippen LogP contribution in [0.4, 0.5) is 0 Å². The highest BCUT2D eigenvalue weighted by atomic mass is 15.0. The molecule has 0 aliphatic heterocycles. The van der Waals surface area contributed by atoms with Gasteiger partial charge in [0, 0.05) is 11.1 Å². The van der Waals surface area contributed by atoms with Gasteiger partial charge in [-0.25, -0.2) is 0 Å².